The van der Waals surface area contributed by atoms with Crippen LogP contribution in [0.4, 0.5) is 4.79 Å². The summed E-state index contributed by atoms with van der Waals surface area (Å²) in [7, 11) is 0. The molecule has 0 unspecified atom stereocenters. The minimum absolute atomic E-state index is 0.0115. The third-order valence-corrected chi connectivity index (χ3v) is 2.75. The normalized spacial score (nSPS) is 25.2. The van der Waals surface area contributed by atoms with E-state index in [1.54, 1.807) is 0 Å². The molecule has 0 radical (unpaired) electrons. The predicted molar refractivity (Wildman–Crippen MR) is 48.8 cm³/mol. The highest BCUT2D eigenvalue weighted by Gasteiger charge is 2.40. The molecular weight excluding hydrogens is 202 g/mol. The van der Waals surface area contributed by atoms with Gasteiger partial charge in [0.1, 0.15) is 0 Å². The topological polar surface area (TPSA) is 90.9 Å². The van der Waals surface area contributed by atoms with Crippen molar-refractivity contribution in [3.05, 3.63) is 0 Å². The fourth-order valence-corrected chi connectivity index (χ4v) is 1.98. The van der Waals surface area contributed by atoms with E-state index in [4.69, 9.17) is 5.11 Å². The van der Waals surface area contributed by atoms with Crippen molar-refractivity contribution >= 4 is 12.1 Å². The van der Waals surface area contributed by atoms with Crippen molar-refractivity contribution in [1.82, 2.24) is 15.7 Å². The lowest BCUT2D eigenvalue weighted by Crippen LogP contribution is -2.56. The molecule has 1 amide bonds. The van der Waals surface area contributed by atoms with Gasteiger partial charge >= 0.3 is 6.16 Å². The Morgan fingerprint density at radius 2 is 2.13 bits per heavy atom. The van der Waals surface area contributed by atoms with Gasteiger partial charge in [-0.25, -0.2) is 4.79 Å². The molecule has 2 aliphatic heterocycles. The molecule has 2 rings (SSSR count). The Balaban J connectivity index is 1.86. The molecule has 7 nitrogen and oxygen atoms in total. The number of carboxylic acid groups (broad SMARTS) is 1. The van der Waals surface area contributed by atoms with E-state index in [-0.39, 0.29) is 11.6 Å². The first-order valence-corrected chi connectivity index (χ1v) is 4.82. The van der Waals surface area contributed by atoms with Gasteiger partial charge in [-0.3, -0.25) is 10.1 Å². The molecule has 0 atom stereocenters. The summed E-state index contributed by atoms with van der Waals surface area (Å²) in [5.41, 5.74) is -0.352. The van der Waals surface area contributed by atoms with Crippen LogP contribution in [0.2, 0.25) is 0 Å². The van der Waals surface area contributed by atoms with Crippen LogP contribution in [0.15, 0.2) is 0 Å². The quantitative estimate of drug-likeness (QED) is 0.525. The van der Waals surface area contributed by atoms with E-state index in [2.05, 4.69) is 15.5 Å². The Hall–Kier alpha value is -1.34. The van der Waals surface area contributed by atoms with Crippen LogP contribution in [0.1, 0.15) is 12.8 Å². The van der Waals surface area contributed by atoms with Crippen LogP contribution >= 0.6 is 0 Å². The van der Waals surface area contributed by atoms with Crippen LogP contribution in [-0.2, 0) is 9.63 Å². The molecule has 2 fully saturated rings. The first-order chi connectivity index (χ1) is 7.10. The molecule has 2 saturated heterocycles. The Morgan fingerprint density at radius 3 is 2.60 bits per heavy atom. The van der Waals surface area contributed by atoms with Gasteiger partial charge in [-0.1, -0.05) is 0 Å². The third-order valence-electron chi connectivity index (χ3n) is 2.75. The second-order valence-corrected chi connectivity index (χ2v) is 3.77. The van der Waals surface area contributed by atoms with Gasteiger partial charge in [0.15, 0.2) is 0 Å². The number of carbonyl (C=O) groups excluding carboxylic acids is 1. The van der Waals surface area contributed by atoms with Crippen LogP contribution in [0, 0.1) is 0 Å². The van der Waals surface area contributed by atoms with Gasteiger partial charge < -0.3 is 15.3 Å². The molecular formula is C8H13N3O4. The number of hydrogen-bond donors (Lipinski definition) is 3. The highest BCUT2D eigenvalue weighted by atomic mass is 16.8. The number of carbonyl (C=O) groups is 2. The summed E-state index contributed by atoms with van der Waals surface area (Å²) in [5.74, 6) is -0.0115. The summed E-state index contributed by atoms with van der Waals surface area (Å²) in [6.07, 6.45) is -0.00716. The van der Waals surface area contributed by atoms with Crippen LogP contribution in [0.25, 0.3) is 0 Å². The Bertz CT molecular complexity index is 286. The maximum atomic E-state index is 11.1. The van der Waals surface area contributed by atoms with Crippen LogP contribution < -0.4 is 10.6 Å². The minimum Gasteiger partial charge on any atom is -0.448 e. The second kappa shape index (κ2) is 3.67. The van der Waals surface area contributed by atoms with Gasteiger partial charge in [-0.2, -0.15) is 0 Å². The minimum atomic E-state index is -1.30. The van der Waals surface area contributed by atoms with E-state index < -0.39 is 6.16 Å². The van der Waals surface area contributed by atoms with Crippen LogP contribution in [0.5, 0.6) is 0 Å². The van der Waals surface area contributed by atoms with Crippen molar-refractivity contribution in [3.63, 3.8) is 0 Å². The summed E-state index contributed by atoms with van der Waals surface area (Å²) in [4.78, 5) is 25.9. The average molecular weight is 215 g/mol. The highest BCUT2D eigenvalue weighted by molar-refractivity contribution is 5.81. The van der Waals surface area contributed by atoms with E-state index in [0.717, 1.165) is 0 Å². The van der Waals surface area contributed by atoms with Gasteiger partial charge in [0.05, 0.1) is 12.2 Å². The lowest BCUT2D eigenvalue weighted by atomic mass is 9.99. The number of hydroxylamine groups is 2. The fourth-order valence-electron chi connectivity index (χ4n) is 1.98. The zero-order chi connectivity index (χ0) is 10.9. The van der Waals surface area contributed by atoms with Crippen molar-refractivity contribution in [3.8, 4) is 0 Å². The van der Waals surface area contributed by atoms with E-state index in [1.807, 2.05) is 0 Å². The Morgan fingerprint density at radius 1 is 1.47 bits per heavy atom. The van der Waals surface area contributed by atoms with E-state index >= 15 is 0 Å². The first-order valence-electron chi connectivity index (χ1n) is 4.82. The molecule has 2 aliphatic rings. The van der Waals surface area contributed by atoms with Crippen LogP contribution in [-0.4, -0.2) is 47.5 Å². The molecule has 0 aromatic heterocycles. The standard InChI is InChI=1S/C8H13N3O4/c12-6-5-9-8(10-6)1-3-11(4-2-8)15-7(13)14/h9H,1-5H2,(H,10,12)(H,13,14). The second-order valence-electron chi connectivity index (χ2n) is 3.77. The van der Waals surface area contributed by atoms with Gasteiger partial charge in [-0.15, -0.1) is 5.06 Å². The van der Waals surface area contributed by atoms with Crippen molar-refractivity contribution in [2.45, 2.75) is 18.5 Å². The van der Waals surface area contributed by atoms with Crippen molar-refractivity contribution in [2.75, 3.05) is 19.6 Å². The number of piperidine rings is 1. The third kappa shape index (κ3) is 2.18. The maximum Gasteiger partial charge on any atom is 0.525 e. The average Bonchev–Trinajstić information content (AvgIpc) is 2.52. The summed E-state index contributed by atoms with van der Waals surface area (Å²) >= 11 is 0. The first kappa shape index (κ1) is 10.2. The lowest BCUT2D eigenvalue weighted by molar-refractivity contribution is -0.142. The van der Waals surface area contributed by atoms with Gasteiger partial charge in [0.25, 0.3) is 0 Å². The Kier molecular flexibility index (Phi) is 2.49. The summed E-state index contributed by atoms with van der Waals surface area (Å²) in [6, 6.07) is 0. The largest absolute Gasteiger partial charge is 0.525 e. The molecule has 1 spiro atoms. The zero-order valence-electron chi connectivity index (χ0n) is 8.15. The lowest BCUT2D eigenvalue weighted by Gasteiger charge is -2.37. The molecule has 7 heteroatoms. The van der Waals surface area contributed by atoms with Crippen molar-refractivity contribution < 1.29 is 19.5 Å². The molecule has 15 heavy (non-hydrogen) atoms. The molecule has 0 aliphatic carbocycles. The molecule has 0 bridgehead atoms. The number of rotatable bonds is 1. The highest BCUT2D eigenvalue weighted by Crippen LogP contribution is 2.22. The predicted octanol–water partition coefficient (Wildman–Crippen LogP) is -0.892. The number of nitrogens with one attached hydrogen (secondary N) is 2. The molecule has 84 valence electrons. The zero-order valence-corrected chi connectivity index (χ0v) is 8.15. The number of nitrogens with zero attached hydrogens (tertiary/aromatic N) is 1. The number of hydrogen-bond acceptors (Lipinski definition) is 5. The molecule has 0 aromatic carbocycles. The summed E-state index contributed by atoms with van der Waals surface area (Å²) < 4.78 is 0. The van der Waals surface area contributed by atoms with E-state index in [0.29, 0.717) is 32.5 Å². The monoisotopic (exact) mass is 215 g/mol. The Labute approximate surface area is 86.3 Å². The number of amides is 1. The SMILES string of the molecule is O=C1CNC2(CCN(OC(=O)O)CC2)N1. The van der Waals surface area contributed by atoms with E-state index in [1.165, 1.54) is 5.06 Å². The molecule has 0 saturated carbocycles. The van der Waals surface area contributed by atoms with Gasteiger partial charge in [0.2, 0.25) is 5.91 Å². The maximum absolute atomic E-state index is 11.1. The summed E-state index contributed by atoms with van der Waals surface area (Å²) in [5, 5.41) is 15.8. The van der Waals surface area contributed by atoms with Gasteiger partial charge in [-0.05, 0) is 12.8 Å². The summed E-state index contributed by atoms with van der Waals surface area (Å²) in [6.45, 7) is 1.30. The molecule has 0 aromatic rings. The van der Waals surface area contributed by atoms with Crippen LogP contribution in [0.3, 0.4) is 0 Å². The van der Waals surface area contributed by atoms with Crippen molar-refractivity contribution in [1.29, 1.82) is 0 Å². The van der Waals surface area contributed by atoms with Crippen molar-refractivity contribution in [2.24, 2.45) is 0 Å². The molecule has 2 heterocycles. The fraction of sp³-hybridized carbons (Fsp3) is 0.750. The smallest absolute Gasteiger partial charge is 0.448 e. The van der Waals surface area contributed by atoms with Gasteiger partial charge in [0, 0.05) is 13.1 Å². The molecule has 3 N–H and O–H groups in total. The van der Waals surface area contributed by atoms with E-state index in [9.17, 15) is 9.59 Å².